The lowest BCUT2D eigenvalue weighted by Crippen LogP contribution is -2.32. The zero-order valence-corrected chi connectivity index (χ0v) is 18.7. The van der Waals surface area contributed by atoms with Crippen molar-refractivity contribution in [1.29, 1.82) is 0 Å². The van der Waals surface area contributed by atoms with Crippen LogP contribution in [0.15, 0.2) is 66.7 Å². The molecule has 2 amide bonds. The minimum absolute atomic E-state index is 0.0822. The first-order chi connectivity index (χ1) is 15.6. The summed E-state index contributed by atoms with van der Waals surface area (Å²) in [6.07, 6.45) is -0.537. The molecule has 33 heavy (non-hydrogen) atoms. The zero-order chi connectivity index (χ0) is 24.0. The van der Waals surface area contributed by atoms with Gasteiger partial charge in [0.15, 0.2) is 0 Å². The van der Waals surface area contributed by atoms with E-state index in [2.05, 4.69) is 10.6 Å². The molecule has 0 saturated heterocycles. The number of carbonyl (C=O) groups is 2. The Balaban J connectivity index is 1.80. The predicted octanol–water partition coefficient (Wildman–Crippen LogP) is 5.59. The standard InChI is InChI=1S/C26H26F2N2O3/c1-26(2,3)33-25(32)30-15-17-8-4-5-9-20(17)21-10-6-7-11-22(21)24(31)29-16-18-12-13-19(27)14-23(18)28/h4-14H,15-16H2,1-3H3,(H,29,31)(H,30,32). The SMILES string of the molecule is CC(C)(C)OC(=O)NCc1ccccc1-c1ccccc1C(=O)NCc1ccc(F)cc1F. The largest absolute Gasteiger partial charge is 0.444 e. The second-order valence-electron chi connectivity index (χ2n) is 8.48. The Morgan fingerprint density at radius 1 is 0.818 bits per heavy atom. The van der Waals surface area contributed by atoms with Crippen LogP contribution in [0.2, 0.25) is 0 Å². The van der Waals surface area contributed by atoms with Gasteiger partial charge in [-0.25, -0.2) is 13.6 Å². The molecule has 0 aliphatic carbocycles. The number of halogens is 2. The van der Waals surface area contributed by atoms with E-state index >= 15 is 0 Å². The van der Waals surface area contributed by atoms with Crippen molar-refractivity contribution in [3.63, 3.8) is 0 Å². The molecule has 0 aliphatic heterocycles. The number of benzene rings is 3. The summed E-state index contributed by atoms with van der Waals surface area (Å²) >= 11 is 0. The highest BCUT2D eigenvalue weighted by atomic mass is 19.1. The van der Waals surface area contributed by atoms with Gasteiger partial charge >= 0.3 is 6.09 Å². The van der Waals surface area contributed by atoms with Crippen LogP contribution in [0.4, 0.5) is 13.6 Å². The summed E-state index contributed by atoms with van der Waals surface area (Å²) in [6.45, 7) is 5.48. The maximum atomic E-state index is 13.9. The molecule has 0 heterocycles. The second-order valence-corrected chi connectivity index (χ2v) is 8.48. The zero-order valence-electron chi connectivity index (χ0n) is 18.7. The Hall–Kier alpha value is -3.74. The van der Waals surface area contributed by atoms with E-state index in [0.29, 0.717) is 11.1 Å². The number of ether oxygens (including phenoxy) is 1. The first-order valence-electron chi connectivity index (χ1n) is 10.5. The highest BCUT2D eigenvalue weighted by Crippen LogP contribution is 2.27. The van der Waals surface area contributed by atoms with Crippen molar-refractivity contribution in [2.75, 3.05) is 0 Å². The molecule has 3 aromatic rings. The molecule has 0 atom stereocenters. The molecule has 5 nitrogen and oxygen atoms in total. The summed E-state index contributed by atoms with van der Waals surface area (Å²) in [7, 11) is 0. The summed E-state index contributed by atoms with van der Waals surface area (Å²) in [6, 6.07) is 17.6. The minimum atomic E-state index is -0.720. The molecule has 3 aromatic carbocycles. The molecule has 0 radical (unpaired) electrons. The van der Waals surface area contributed by atoms with Gasteiger partial charge in [0.2, 0.25) is 0 Å². The van der Waals surface area contributed by atoms with Gasteiger partial charge in [-0.1, -0.05) is 48.5 Å². The van der Waals surface area contributed by atoms with Crippen molar-refractivity contribution in [2.24, 2.45) is 0 Å². The number of hydrogen-bond acceptors (Lipinski definition) is 3. The van der Waals surface area contributed by atoms with Crippen LogP contribution in [0.3, 0.4) is 0 Å². The maximum absolute atomic E-state index is 13.9. The number of alkyl carbamates (subject to hydrolysis) is 1. The lowest BCUT2D eigenvalue weighted by atomic mass is 9.95. The molecule has 0 fully saturated rings. The van der Waals surface area contributed by atoms with Gasteiger partial charge in [0.05, 0.1) is 0 Å². The molecule has 3 rings (SSSR count). The van der Waals surface area contributed by atoms with Crippen LogP contribution < -0.4 is 10.6 Å². The van der Waals surface area contributed by atoms with Crippen molar-refractivity contribution in [2.45, 2.75) is 39.5 Å². The quantitative estimate of drug-likeness (QED) is 0.513. The number of hydrogen-bond donors (Lipinski definition) is 2. The number of nitrogens with one attached hydrogen (secondary N) is 2. The van der Waals surface area contributed by atoms with Gasteiger partial charge in [0, 0.05) is 30.3 Å². The van der Waals surface area contributed by atoms with E-state index in [1.807, 2.05) is 30.3 Å². The van der Waals surface area contributed by atoms with E-state index in [0.717, 1.165) is 23.3 Å². The van der Waals surface area contributed by atoms with Crippen molar-refractivity contribution >= 4 is 12.0 Å². The van der Waals surface area contributed by atoms with E-state index in [4.69, 9.17) is 4.74 Å². The van der Waals surface area contributed by atoms with Crippen LogP contribution in [0.1, 0.15) is 42.3 Å². The van der Waals surface area contributed by atoms with Gasteiger partial charge in [-0.05, 0) is 49.6 Å². The van der Waals surface area contributed by atoms with E-state index in [-0.39, 0.29) is 18.7 Å². The summed E-state index contributed by atoms with van der Waals surface area (Å²) in [5.41, 5.74) is 2.20. The van der Waals surface area contributed by atoms with Crippen LogP contribution in [-0.2, 0) is 17.8 Å². The Morgan fingerprint density at radius 3 is 2.15 bits per heavy atom. The molecule has 0 unspecified atom stereocenters. The average Bonchev–Trinajstić information content (AvgIpc) is 2.76. The molecule has 2 N–H and O–H groups in total. The van der Waals surface area contributed by atoms with Gasteiger partial charge in [-0.15, -0.1) is 0 Å². The molecule has 0 saturated carbocycles. The van der Waals surface area contributed by atoms with Gasteiger partial charge < -0.3 is 15.4 Å². The Labute approximate surface area is 191 Å². The minimum Gasteiger partial charge on any atom is -0.444 e. The van der Waals surface area contributed by atoms with Gasteiger partial charge in [0.25, 0.3) is 5.91 Å². The van der Waals surface area contributed by atoms with E-state index in [1.54, 1.807) is 39.0 Å². The fourth-order valence-electron chi connectivity index (χ4n) is 3.27. The second kappa shape index (κ2) is 10.3. The summed E-state index contributed by atoms with van der Waals surface area (Å²) < 4.78 is 32.3. The van der Waals surface area contributed by atoms with E-state index < -0.39 is 29.2 Å². The highest BCUT2D eigenvalue weighted by molar-refractivity contribution is 6.01. The van der Waals surface area contributed by atoms with E-state index in [9.17, 15) is 18.4 Å². The van der Waals surface area contributed by atoms with Crippen molar-refractivity contribution < 1.29 is 23.1 Å². The van der Waals surface area contributed by atoms with Crippen molar-refractivity contribution in [1.82, 2.24) is 10.6 Å². The molecular formula is C26H26F2N2O3. The van der Waals surface area contributed by atoms with Crippen molar-refractivity contribution in [3.8, 4) is 11.1 Å². The topological polar surface area (TPSA) is 67.4 Å². The fraction of sp³-hybridized carbons (Fsp3) is 0.231. The Kier molecular flexibility index (Phi) is 7.43. The third kappa shape index (κ3) is 6.62. The van der Waals surface area contributed by atoms with Gasteiger partial charge in [-0.3, -0.25) is 4.79 Å². The third-order valence-corrected chi connectivity index (χ3v) is 4.76. The monoisotopic (exact) mass is 452 g/mol. The first kappa shape index (κ1) is 23.9. The molecule has 0 aliphatic rings. The Morgan fingerprint density at radius 2 is 1.45 bits per heavy atom. The third-order valence-electron chi connectivity index (χ3n) is 4.76. The maximum Gasteiger partial charge on any atom is 0.407 e. The van der Waals surface area contributed by atoms with Crippen LogP contribution in [0.25, 0.3) is 11.1 Å². The van der Waals surface area contributed by atoms with Crippen molar-refractivity contribution in [3.05, 3.63) is 95.1 Å². The normalized spacial score (nSPS) is 11.1. The first-order valence-corrected chi connectivity index (χ1v) is 10.5. The summed E-state index contributed by atoms with van der Waals surface area (Å²) in [4.78, 5) is 25.0. The van der Waals surface area contributed by atoms with Crippen LogP contribution in [0.5, 0.6) is 0 Å². The molecule has 7 heteroatoms. The van der Waals surface area contributed by atoms with Gasteiger partial charge in [0.1, 0.15) is 17.2 Å². The van der Waals surface area contributed by atoms with Crippen LogP contribution in [0, 0.1) is 11.6 Å². The number of amides is 2. The molecule has 172 valence electrons. The summed E-state index contributed by atoms with van der Waals surface area (Å²) in [5.74, 6) is -1.80. The highest BCUT2D eigenvalue weighted by Gasteiger charge is 2.18. The molecule has 0 bridgehead atoms. The summed E-state index contributed by atoms with van der Waals surface area (Å²) in [5, 5.41) is 5.43. The molecule has 0 aromatic heterocycles. The predicted molar refractivity (Wildman–Crippen MR) is 122 cm³/mol. The number of carbonyl (C=O) groups excluding carboxylic acids is 2. The average molecular weight is 453 g/mol. The van der Waals surface area contributed by atoms with Crippen LogP contribution in [-0.4, -0.2) is 17.6 Å². The van der Waals surface area contributed by atoms with E-state index in [1.165, 1.54) is 6.07 Å². The Bertz CT molecular complexity index is 1160. The van der Waals surface area contributed by atoms with Crippen LogP contribution >= 0.6 is 0 Å². The lowest BCUT2D eigenvalue weighted by molar-refractivity contribution is 0.0523. The lowest BCUT2D eigenvalue weighted by Gasteiger charge is -2.20. The molecule has 0 spiro atoms. The smallest absolute Gasteiger partial charge is 0.407 e. The number of rotatable bonds is 6. The fourth-order valence-corrected chi connectivity index (χ4v) is 3.27. The van der Waals surface area contributed by atoms with Gasteiger partial charge in [-0.2, -0.15) is 0 Å². The molecular weight excluding hydrogens is 426 g/mol.